The highest BCUT2D eigenvalue weighted by molar-refractivity contribution is 9.10. The predicted molar refractivity (Wildman–Crippen MR) is 80.8 cm³/mol. The zero-order chi connectivity index (χ0) is 14.8. The van der Waals surface area contributed by atoms with Gasteiger partial charge in [0, 0.05) is 36.7 Å². The van der Waals surface area contributed by atoms with Crippen LogP contribution in [0.1, 0.15) is 35.1 Å². The molecule has 1 amide bonds. The van der Waals surface area contributed by atoms with E-state index < -0.39 is 0 Å². The first-order valence-electron chi connectivity index (χ1n) is 6.90. The van der Waals surface area contributed by atoms with Gasteiger partial charge in [0.05, 0.1) is 0 Å². The first-order chi connectivity index (χ1) is 10.1. The Labute approximate surface area is 131 Å². The van der Waals surface area contributed by atoms with E-state index in [4.69, 9.17) is 0 Å². The summed E-state index contributed by atoms with van der Waals surface area (Å²) in [5.74, 6) is 1.16. The third kappa shape index (κ3) is 2.97. The smallest absolute Gasteiger partial charge is 0.272 e. The number of pyridine rings is 1. The van der Waals surface area contributed by atoms with Crippen molar-refractivity contribution in [3.05, 3.63) is 40.6 Å². The van der Waals surface area contributed by atoms with Crippen molar-refractivity contribution in [1.82, 2.24) is 24.6 Å². The van der Waals surface area contributed by atoms with Crippen molar-refractivity contribution >= 4 is 21.8 Å². The number of nitrogens with zero attached hydrogens (tertiary/aromatic N) is 5. The van der Waals surface area contributed by atoms with Crippen LogP contribution in [0.5, 0.6) is 0 Å². The normalized spacial score (nSPS) is 18.8. The molecule has 1 aliphatic rings. The number of aryl methyl sites for hydroxylation is 1. The zero-order valence-electron chi connectivity index (χ0n) is 11.7. The fraction of sp³-hybridized carbons (Fsp3) is 0.429. The molecule has 2 aromatic rings. The average Bonchev–Trinajstić information content (AvgIpc) is 2.94. The lowest BCUT2D eigenvalue weighted by atomic mass is 9.97. The number of piperidine rings is 1. The Morgan fingerprint density at radius 2 is 2.29 bits per heavy atom. The van der Waals surface area contributed by atoms with Gasteiger partial charge in [-0.3, -0.25) is 4.79 Å². The van der Waals surface area contributed by atoms with Crippen LogP contribution in [0.3, 0.4) is 0 Å². The van der Waals surface area contributed by atoms with Crippen molar-refractivity contribution in [1.29, 1.82) is 0 Å². The molecule has 1 fully saturated rings. The minimum Gasteiger partial charge on any atom is -0.337 e. The summed E-state index contributed by atoms with van der Waals surface area (Å²) in [4.78, 5) is 18.6. The third-order valence-electron chi connectivity index (χ3n) is 3.77. The molecule has 0 aromatic carbocycles. The molecule has 1 aliphatic heterocycles. The van der Waals surface area contributed by atoms with Crippen LogP contribution in [0.25, 0.3) is 0 Å². The lowest BCUT2D eigenvalue weighted by Crippen LogP contribution is -2.40. The molecule has 6 nitrogen and oxygen atoms in total. The minimum absolute atomic E-state index is 0.0191. The summed E-state index contributed by atoms with van der Waals surface area (Å²) >= 11 is 3.33. The van der Waals surface area contributed by atoms with E-state index in [2.05, 4.69) is 31.1 Å². The summed E-state index contributed by atoms with van der Waals surface area (Å²) in [5.41, 5.74) is 0.483. The average molecular weight is 350 g/mol. The Hall–Kier alpha value is -1.76. The van der Waals surface area contributed by atoms with E-state index in [0.717, 1.165) is 29.7 Å². The molecule has 21 heavy (non-hydrogen) atoms. The number of hydrogen-bond donors (Lipinski definition) is 0. The van der Waals surface area contributed by atoms with Gasteiger partial charge in [0.15, 0.2) is 0 Å². The molecular formula is C14H16BrN5O. The molecule has 0 N–H and O–H groups in total. The van der Waals surface area contributed by atoms with E-state index in [1.165, 1.54) is 0 Å². The summed E-state index contributed by atoms with van der Waals surface area (Å²) < 4.78 is 2.80. The second-order valence-electron chi connectivity index (χ2n) is 5.25. The predicted octanol–water partition coefficient (Wildman–Crippen LogP) is 1.99. The zero-order valence-corrected chi connectivity index (χ0v) is 13.3. The molecule has 1 unspecified atom stereocenters. The van der Waals surface area contributed by atoms with Gasteiger partial charge in [0.2, 0.25) is 0 Å². The van der Waals surface area contributed by atoms with Crippen LogP contribution < -0.4 is 0 Å². The summed E-state index contributed by atoms with van der Waals surface area (Å²) in [6.45, 7) is 1.44. The van der Waals surface area contributed by atoms with Crippen LogP contribution in [0, 0.1) is 0 Å². The largest absolute Gasteiger partial charge is 0.337 e. The van der Waals surface area contributed by atoms with Crippen LogP contribution in [-0.2, 0) is 7.05 Å². The molecule has 0 saturated carbocycles. The minimum atomic E-state index is -0.0191. The number of rotatable bonds is 2. The van der Waals surface area contributed by atoms with Crippen molar-refractivity contribution in [2.24, 2.45) is 7.05 Å². The van der Waals surface area contributed by atoms with Crippen LogP contribution in [0.2, 0.25) is 0 Å². The molecule has 2 aromatic heterocycles. The number of amides is 1. The summed E-state index contributed by atoms with van der Waals surface area (Å²) in [6.07, 6.45) is 5.35. The monoisotopic (exact) mass is 349 g/mol. The van der Waals surface area contributed by atoms with E-state index in [0.29, 0.717) is 12.2 Å². The lowest BCUT2D eigenvalue weighted by Gasteiger charge is -2.32. The van der Waals surface area contributed by atoms with Gasteiger partial charge in [-0.2, -0.15) is 0 Å². The fourth-order valence-electron chi connectivity index (χ4n) is 2.70. The van der Waals surface area contributed by atoms with E-state index in [1.54, 1.807) is 18.6 Å². The SMILES string of the molecule is Cn1cnnc1C1CCCN(C(=O)c2ccc(Br)cn2)C1. The highest BCUT2D eigenvalue weighted by Gasteiger charge is 2.28. The van der Waals surface area contributed by atoms with Gasteiger partial charge in [0.1, 0.15) is 17.8 Å². The Bertz CT molecular complexity index is 639. The molecule has 1 atom stereocenters. The summed E-state index contributed by atoms with van der Waals surface area (Å²) in [7, 11) is 1.94. The topological polar surface area (TPSA) is 63.9 Å². The van der Waals surface area contributed by atoms with Gasteiger partial charge < -0.3 is 9.47 Å². The van der Waals surface area contributed by atoms with Crippen LogP contribution >= 0.6 is 15.9 Å². The van der Waals surface area contributed by atoms with Crippen molar-refractivity contribution < 1.29 is 4.79 Å². The highest BCUT2D eigenvalue weighted by Crippen LogP contribution is 2.25. The molecule has 110 valence electrons. The number of hydrogen-bond acceptors (Lipinski definition) is 4. The third-order valence-corrected chi connectivity index (χ3v) is 4.24. The van der Waals surface area contributed by atoms with E-state index in [1.807, 2.05) is 22.6 Å². The Balaban J connectivity index is 1.75. The molecule has 3 rings (SSSR count). The van der Waals surface area contributed by atoms with Crippen molar-refractivity contribution in [2.45, 2.75) is 18.8 Å². The summed E-state index contributed by atoms with van der Waals surface area (Å²) in [6, 6.07) is 3.59. The van der Waals surface area contributed by atoms with Crippen LogP contribution in [-0.4, -0.2) is 43.6 Å². The molecule has 1 saturated heterocycles. The molecule has 0 radical (unpaired) electrons. The molecule has 0 bridgehead atoms. The standard InChI is InChI=1S/C14H16BrN5O/c1-19-9-17-18-13(19)10-3-2-6-20(8-10)14(21)12-5-4-11(15)7-16-12/h4-5,7,9-10H,2-3,6,8H2,1H3. The van der Waals surface area contributed by atoms with Gasteiger partial charge in [-0.15, -0.1) is 10.2 Å². The molecule has 7 heteroatoms. The van der Waals surface area contributed by atoms with Crippen LogP contribution in [0.4, 0.5) is 0 Å². The van der Waals surface area contributed by atoms with Crippen molar-refractivity contribution in [3.63, 3.8) is 0 Å². The lowest BCUT2D eigenvalue weighted by molar-refractivity contribution is 0.0697. The maximum atomic E-state index is 12.5. The van der Waals surface area contributed by atoms with Gasteiger partial charge in [-0.1, -0.05) is 0 Å². The molecule has 0 aliphatic carbocycles. The van der Waals surface area contributed by atoms with Gasteiger partial charge in [0.25, 0.3) is 5.91 Å². The summed E-state index contributed by atoms with van der Waals surface area (Å²) in [5, 5.41) is 8.10. The highest BCUT2D eigenvalue weighted by atomic mass is 79.9. The Morgan fingerprint density at radius 1 is 1.43 bits per heavy atom. The molecular weight excluding hydrogens is 334 g/mol. The van der Waals surface area contributed by atoms with E-state index >= 15 is 0 Å². The number of likely N-dealkylation sites (tertiary alicyclic amines) is 1. The maximum Gasteiger partial charge on any atom is 0.272 e. The number of carbonyl (C=O) groups is 1. The molecule has 3 heterocycles. The van der Waals surface area contributed by atoms with Crippen molar-refractivity contribution in [2.75, 3.05) is 13.1 Å². The Morgan fingerprint density at radius 3 is 2.95 bits per heavy atom. The maximum absolute atomic E-state index is 12.5. The number of aromatic nitrogens is 4. The number of halogens is 1. The second-order valence-corrected chi connectivity index (χ2v) is 6.17. The number of carbonyl (C=O) groups excluding carboxylic acids is 1. The fourth-order valence-corrected chi connectivity index (χ4v) is 2.93. The quantitative estimate of drug-likeness (QED) is 0.831. The Kier molecular flexibility index (Phi) is 4.01. The first-order valence-corrected chi connectivity index (χ1v) is 7.69. The van der Waals surface area contributed by atoms with E-state index in [-0.39, 0.29) is 11.8 Å². The second kappa shape index (κ2) is 5.93. The van der Waals surface area contributed by atoms with Gasteiger partial charge in [-0.05, 0) is 40.9 Å². The molecule has 0 spiro atoms. The van der Waals surface area contributed by atoms with Crippen LogP contribution in [0.15, 0.2) is 29.1 Å². The van der Waals surface area contributed by atoms with Gasteiger partial charge >= 0.3 is 0 Å². The van der Waals surface area contributed by atoms with E-state index in [9.17, 15) is 4.79 Å². The van der Waals surface area contributed by atoms with Gasteiger partial charge in [-0.25, -0.2) is 4.98 Å². The first kappa shape index (κ1) is 14.2. The van der Waals surface area contributed by atoms with Crippen molar-refractivity contribution in [3.8, 4) is 0 Å².